The summed E-state index contributed by atoms with van der Waals surface area (Å²) in [5.41, 5.74) is 1.75. The molecule has 5 atom stereocenters. The molecule has 17 heavy (non-hydrogen) atoms. The summed E-state index contributed by atoms with van der Waals surface area (Å²) in [6, 6.07) is 0. The van der Waals surface area contributed by atoms with Gasteiger partial charge in [0.1, 0.15) is 6.10 Å². The van der Waals surface area contributed by atoms with E-state index in [0.717, 1.165) is 12.8 Å². The molecule has 2 aliphatic carbocycles. The highest BCUT2D eigenvalue weighted by molar-refractivity contribution is 5.75. The molecule has 3 aliphatic rings. The van der Waals surface area contributed by atoms with Crippen LogP contribution in [0.2, 0.25) is 0 Å². The first-order valence-corrected chi connectivity index (χ1v) is 6.89. The smallest absolute Gasteiger partial charge is 0.309 e. The van der Waals surface area contributed by atoms with Crippen molar-refractivity contribution >= 4 is 5.97 Å². The van der Waals surface area contributed by atoms with Gasteiger partial charge in [-0.3, -0.25) is 4.79 Å². The summed E-state index contributed by atoms with van der Waals surface area (Å²) in [6.07, 6.45) is 6.06. The molecule has 1 saturated heterocycles. The van der Waals surface area contributed by atoms with Crippen LogP contribution in [0.5, 0.6) is 0 Å². The van der Waals surface area contributed by atoms with Crippen molar-refractivity contribution in [2.45, 2.75) is 52.1 Å². The van der Waals surface area contributed by atoms with E-state index < -0.39 is 0 Å². The molecule has 3 fully saturated rings. The predicted molar refractivity (Wildman–Crippen MR) is 66.4 cm³/mol. The molecule has 0 amide bonds. The Morgan fingerprint density at radius 3 is 3.00 bits per heavy atom. The van der Waals surface area contributed by atoms with Crippen LogP contribution in [0.1, 0.15) is 46.0 Å². The van der Waals surface area contributed by atoms with Crippen molar-refractivity contribution in [2.75, 3.05) is 0 Å². The Labute approximate surface area is 103 Å². The van der Waals surface area contributed by atoms with E-state index >= 15 is 0 Å². The Bertz CT molecular complexity index is 373. The third-order valence-electron chi connectivity index (χ3n) is 5.51. The van der Waals surface area contributed by atoms with Gasteiger partial charge in [0.15, 0.2) is 0 Å². The van der Waals surface area contributed by atoms with Gasteiger partial charge in [-0.2, -0.15) is 0 Å². The van der Waals surface area contributed by atoms with Crippen LogP contribution in [0.25, 0.3) is 0 Å². The molecule has 0 aromatic carbocycles. The second kappa shape index (κ2) is 3.60. The summed E-state index contributed by atoms with van der Waals surface area (Å²) >= 11 is 0. The minimum absolute atomic E-state index is 0.0212. The monoisotopic (exact) mass is 234 g/mol. The third kappa shape index (κ3) is 1.56. The zero-order valence-corrected chi connectivity index (χ0v) is 10.9. The quantitative estimate of drug-likeness (QED) is 0.475. The van der Waals surface area contributed by atoms with Gasteiger partial charge >= 0.3 is 5.97 Å². The zero-order valence-electron chi connectivity index (χ0n) is 10.9. The number of ether oxygens (including phenoxy) is 1. The van der Waals surface area contributed by atoms with E-state index in [0.29, 0.717) is 17.3 Å². The van der Waals surface area contributed by atoms with Crippen molar-refractivity contribution in [2.24, 2.45) is 23.2 Å². The summed E-state index contributed by atoms with van der Waals surface area (Å²) in [5, 5.41) is 0. The Morgan fingerprint density at radius 2 is 2.24 bits per heavy atom. The molecular formula is C15H22O2. The van der Waals surface area contributed by atoms with Gasteiger partial charge in [0, 0.05) is 5.92 Å². The number of fused-ring (bicyclic) bond motifs is 2. The molecule has 0 aromatic rings. The van der Waals surface area contributed by atoms with E-state index in [1.807, 2.05) is 6.92 Å². The van der Waals surface area contributed by atoms with Gasteiger partial charge in [0.25, 0.3) is 0 Å². The van der Waals surface area contributed by atoms with Crippen LogP contribution in [0.15, 0.2) is 12.2 Å². The van der Waals surface area contributed by atoms with Gasteiger partial charge in [-0.15, -0.1) is 0 Å². The maximum atomic E-state index is 11.7. The van der Waals surface area contributed by atoms with Gasteiger partial charge in [0.05, 0.1) is 5.92 Å². The average Bonchev–Trinajstić information content (AvgIpc) is 2.52. The minimum Gasteiger partial charge on any atom is -0.462 e. The number of carbonyl (C=O) groups excluding carboxylic acids is 1. The number of hydrogen-bond donors (Lipinski definition) is 0. The predicted octanol–water partition coefficient (Wildman–Crippen LogP) is 3.32. The van der Waals surface area contributed by atoms with Gasteiger partial charge in [-0.25, -0.2) is 0 Å². The molecule has 2 heteroatoms. The van der Waals surface area contributed by atoms with Crippen LogP contribution < -0.4 is 0 Å². The Hall–Kier alpha value is -0.790. The third-order valence-corrected chi connectivity index (χ3v) is 5.51. The molecule has 1 heterocycles. The van der Waals surface area contributed by atoms with Gasteiger partial charge < -0.3 is 4.74 Å². The highest BCUT2D eigenvalue weighted by atomic mass is 16.6. The topological polar surface area (TPSA) is 26.3 Å². The van der Waals surface area contributed by atoms with Crippen LogP contribution in [0, 0.1) is 23.2 Å². The standard InChI is InChI=1S/C15H22O2/c1-9-5-4-6-15(3)8-13-11(7-12(9)15)10(2)14(16)17-13/h10-13H,1,4-8H2,2-3H3/t10-,11?,12-,13+,15+/m0/s1. The summed E-state index contributed by atoms with van der Waals surface area (Å²) in [6.45, 7) is 8.68. The molecule has 0 bridgehead atoms. The van der Waals surface area contributed by atoms with Gasteiger partial charge in [0.2, 0.25) is 0 Å². The molecule has 0 spiro atoms. The molecule has 1 unspecified atom stereocenters. The van der Waals surface area contributed by atoms with E-state index in [1.165, 1.54) is 24.8 Å². The lowest BCUT2D eigenvalue weighted by molar-refractivity contribution is -0.145. The van der Waals surface area contributed by atoms with Crippen LogP contribution in [-0.2, 0) is 9.53 Å². The normalized spacial score (nSPS) is 49.5. The number of hydrogen-bond acceptors (Lipinski definition) is 2. The first kappa shape index (κ1) is 11.3. The van der Waals surface area contributed by atoms with E-state index in [2.05, 4.69) is 13.5 Å². The summed E-state index contributed by atoms with van der Waals surface area (Å²) in [5.74, 6) is 1.18. The Morgan fingerprint density at radius 1 is 1.47 bits per heavy atom. The molecule has 2 nitrogen and oxygen atoms in total. The van der Waals surface area contributed by atoms with Gasteiger partial charge in [-0.05, 0) is 43.4 Å². The minimum atomic E-state index is 0.0212. The van der Waals surface area contributed by atoms with Crippen LogP contribution >= 0.6 is 0 Å². The molecule has 0 aromatic heterocycles. The SMILES string of the molecule is C=C1CCC[C@]2(C)C[C@H]3OC(=O)[C@@H](C)C3C[C@@H]12. The molecule has 1 aliphatic heterocycles. The maximum Gasteiger partial charge on any atom is 0.309 e. The first-order chi connectivity index (χ1) is 8.01. The zero-order chi connectivity index (χ0) is 12.2. The van der Waals surface area contributed by atoms with E-state index in [1.54, 1.807) is 0 Å². The molecule has 0 radical (unpaired) electrons. The van der Waals surface area contributed by atoms with Crippen LogP contribution in [-0.4, -0.2) is 12.1 Å². The van der Waals surface area contributed by atoms with Crippen molar-refractivity contribution in [3.05, 3.63) is 12.2 Å². The highest BCUT2D eigenvalue weighted by Crippen LogP contribution is 2.56. The second-order valence-electron chi connectivity index (χ2n) is 6.59. The fourth-order valence-electron chi connectivity index (χ4n) is 4.38. The van der Waals surface area contributed by atoms with Gasteiger partial charge in [-0.1, -0.05) is 26.0 Å². The Kier molecular flexibility index (Phi) is 2.39. The molecule has 0 N–H and O–H groups in total. The van der Waals surface area contributed by atoms with Crippen molar-refractivity contribution in [1.29, 1.82) is 0 Å². The fraction of sp³-hybridized carbons (Fsp3) is 0.800. The number of rotatable bonds is 0. The summed E-state index contributed by atoms with van der Waals surface area (Å²) in [4.78, 5) is 11.7. The number of allylic oxidation sites excluding steroid dienone is 1. The van der Waals surface area contributed by atoms with Crippen molar-refractivity contribution in [3.63, 3.8) is 0 Å². The first-order valence-electron chi connectivity index (χ1n) is 6.89. The highest BCUT2D eigenvalue weighted by Gasteiger charge is 2.53. The summed E-state index contributed by atoms with van der Waals surface area (Å²) in [7, 11) is 0. The number of carbonyl (C=O) groups is 1. The Balaban J connectivity index is 1.88. The molecule has 3 rings (SSSR count). The van der Waals surface area contributed by atoms with E-state index in [4.69, 9.17) is 4.74 Å². The van der Waals surface area contributed by atoms with Crippen molar-refractivity contribution in [1.82, 2.24) is 0 Å². The van der Waals surface area contributed by atoms with Crippen LogP contribution in [0.4, 0.5) is 0 Å². The van der Waals surface area contributed by atoms with Crippen molar-refractivity contribution < 1.29 is 9.53 Å². The lowest BCUT2D eigenvalue weighted by atomic mass is 9.55. The van der Waals surface area contributed by atoms with E-state index in [-0.39, 0.29) is 18.0 Å². The lowest BCUT2D eigenvalue weighted by Gasteiger charge is -2.49. The van der Waals surface area contributed by atoms with E-state index in [9.17, 15) is 4.79 Å². The van der Waals surface area contributed by atoms with Crippen molar-refractivity contribution in [3.8, 4) is 0 Å². The maximum absolute atomic E-state index is 11.7. The second-order valence-corrected chi connectivity index (χ2v) is 6.59. The molecule has 94 valence electrons. The summed E-state index contributed by atoms with van der Waals surface area (Å²) < 4.78 is 5.56. The fourth-order valence-corrected chi connectivity index (χ4v) is 4.38. The molecular weight excluding hydrogens is 212 g/mol. The average molecular weight is 234 g/mol. The number of esters is 1. The van der Waals surface area contributed by atoms with Crippen LogP contribution in [0.3, 0.4) is 0 Å². The molecule has 2 saturated carbocycles. The lowest BCUT2D eigenvalue weighted by Crippen LogP contribution is -2.44. The largest absolute Gasteiger partial charge is 0.462 e.